The lowest BCUT2D eigenvalue weighted by Gasteiger charge is -2.13. The van der Waals surface area contributed by atoms with Crippen molar-refractivity contribution in [2.24, 2.45) is 0 Å². The van der Waals surface area contributed by atoms with Crippen LogP contribution in [0.5, 0.6) is 0 Å². The highest BCUT2D eigenvalue weighted by Gasteiger charge is 2.10. The molecule has 1 atom stereocenters. The minimum atomic E-state index is 0.150. The Labute approximate surface area is 71.5 Å². The molecular weight excluding hydrogens is 167 g/mol. The first kappa shape index (κ1) is 8.16. The van der Waals surface area contributed by atoms with E-state index < -0.39 is 0 Å². The summed E-state index contributed by atoms with van der Waals surface area (Å²) in [5.74, 6) is 0. The first-order valence-electron chi connectivity index (χ1n) is 3.44. The third kappa shape index (κ3) is 1.77. The molecule has 1 aliphatic rings. The Balaban J connectivity index is 2.74. The number of hydrogen-bond donors (Lipinski definition) is 0. The van der Waals surface area contributed by atoms with Gasteiger partial charge in [0.05, 0.1) is 5.38 Å². The predicted molar refractivity (Wildman–Crippen MR) is 46.6 cm³/mol. The third-order valence-corrected chi connectivity index (χ3v) is 2.35. The Morgan fingerprint density at radius 1 is 1.70 bits per heavy atom. The van der Waals surface area contributed by atoms with Crippen molar-refractivity contribution in [2.75, 3.05) is 0 Å². The molecule has 0 amide bonds. The van der Waals surface area contributed by atoms with Gasteiger partial charge in [0.15, 0.2) is 0 Å². The minimum absolute atomic E-state index is 0.150. The maximum absolute atomic E-state index is 5.88. The van der Waals surface area contributed by atoms with Crippen LogP contribution in [-0.4, -0.2) is 5.38 Å². The Hall–Kier alpha value is 0.0600. The van der Waals surface area contributed by atoms with Gasteiger partial charge in [-0.25, -0.2) is 0 Å². The molecule has 0 radical (unpaired) electrons. The molecular formula is C8H10Cl2. The molecule has 10 heavy (non-hydrogen) atoms. The van der Waals surface area contributed by atoms with Crippen LogP contribution in [0, 0.1) is 0 Å². The normalized spacial score (nSPS) is 25.7. The average Bonchev–Trinajstić information content (AvgIpc) is 1.94. The van der Waals surface area contributed by atoms with Crippen molar-refractivity contribution in [1.82, 2.24) is 0 Å². The minimum Gasteiger partial charge on any atom is -0.118 e. The summed E-state index contributed by atoms with van der Waals surface area (Å²) in [6, 6.07) is 0. The number of rotatable bonds is 1. The lowest BCUT2D eigenvalue weighted by atomic mass is 10.0. The zero-order valence-electron chi connectivity index (χ0n) is 5.90. The summed E-state index contributed by atoms with van der Waals surface area (Å²) < 4.78 is 0. The van der Waals surface area contributed by atoms with Crippen molar-refractivity contribution in [2.45, 2.75) is 25.1 Å². The topological polar surface area (TPSA) is 0 Å². The lowest BCUT2D eigenvalue weighted by molar-refractivity contribution is 0.896. The fourth-order valence-corrected chi connectivity index (χ4v) is 1.56. The van der Waals surface area contributed by atoms with E-state index in [1.807, 2.05) is 12.2 Å². The van der Waals surface area contributed by atoms with Crippen molar-refractivity contribution in [1.29, 1.82) is 0 Å². The smallest absolute Gasteiger partial charge is 0.0557 e. The fraction of sp³-hybridized carbons (Fsp3) is 0.500. The van der Waals surface area contributed by atoms with Gasteiger partial charge in [0.2, 0.25) is 0 Å². The van der Waals surface area contributed by atoms with E-state index in [-0.39, 0.29) is 5.38 Å². The molecule has 2 heteroatoms. The highest BCUT2D eigenvalue weighted by molar-refractivity contribution is 6.32. The van der Waals surface area contributed by atoms with E-state index in [9.17, 15) is 0 Å². The monoisotopic (exact) mass is 176 g/mol. The summed E-state index contributed by atoms with van der Waals surface area (Å²) in [7, 11) is 0. The maximum Gasteiger partial charge on any atom is 0.0557 e. The molecule has 0 spiro atoms. The van der Waals surface area contributed by atoms with Gasteiger partial charge in [0, 0.05) is 5.03 Å². The van der Waals surface area contributed by atoms with Gasteiger partial charge in [-0.2, -0.15) is 0 Å². The van der Waals surface area contributed by atoms with E-state index in [1.54, 1.807) is 0 Å². The van der Waals surface area contributed by atoms with Crippen molar-refractivity contribution in [3.8, 4) is 0 Å². The number of allylic oxidation sites excluding steroid dienone is 4. The molecule has 0 aromatic carbocycles. The average molecular weight is 177 g/mol. The predicted octanol–water partition coefficient (Wildman–Crippen LogP) is 3.46. The Kier molecular flexibility index (Phi) is 2.82. The Morgan fingerprint density at radius 2 is 2.40 bits per heavy atom. The van der Waals surface area contributed by atoms with Gasteiger partial charge in [0.25, 0.3) is 0 Å². The van der Waals surface area contributed by atoms with Crippen molar-refractivity contribution >= 4 is 23.2 Å². The first-order chi connectivity index (χ1) is 4.74. The van der Waals surface area contributed by atoms with E-state index in [4.69, 9.17) is 23.2 Å². The van der Waals surface area contributed by atoms with E-state index >= 15 is 0 Å². The number of alkyl halides is 1. The summed E-state index contributed by atoms with van der Waals surface area (Å²) in [5, 5.41) is 1.02. The summed E-state index contributed by atoms with van der Waals surface area (Å²) in [5.41, 5.74) is 1.27. The summed E-state index contributed by atoms with van der Waals surface area (Å²) >= 11 is 11.8. The molecule has 0 fully saturated rings. The fourth-order valence-electron chi connectivity index (χ4n) is 1.02. The van der Waals surface area contributed by atoms with Crippen LogP contribution in [0.15, 0.2) is 22.8 Å². The number of hydrogen-bond acceptors (Lipinski definition) is 0. The lowest BCUT2D eigenvalue weighted by Crippen LogP contribution is -2.01. The molecule has 0 aliphatic heterocycles. The van der Waals surface area contributed by atoms with Gasteiger partial charge in [-0.1, -0.05) is 30.2 Å². The van der Waals surface area contributed by atoms with Crippen LogP contribution in [0.3, 0.4) is 0 Å². The van der Waals surface area contributed by atoms with Crippen LogP contribution in [-0.2, 0) is 0 Å². The van der Waals surface area contributed by atoms with Gasteiger partial charge >= 0.3 is 0 Å². The van der Waals surface area contributed by atoms with E-state index in [0.29, 0.717) is 0 Å². The molecule has 0 saturated carbocycles. The summed E-state index contributed by atoms with van der Waals surface area (Å²) in [6.07, 6.45) is 5.74. The molecule has 0 heterocycles. The van der Waals surface area contributed by atoms with Crippen molar-refractivity contribution < 1.29 is 0 Å². The molecule has 0 aromatic heterocycles. The van der Waals surface area contributed by atoms with E-state index in [2.05, 4.69) is 6.92 Å². The second-order valence-electron chi connectivity index (χ2n) is 2.38. The van der Waals surface area contributed by atoms with Crippen molar-refractivity contribution in [3.05, 3.63) is 22.8 Å². The molecule has 0 N–H and O–H groups in total. The summed E-state index contributed by atoms with van der Waals surface area (Å²) in [6.45, 7) is 2.10. The van der Waals surface area contributed by atoms with Gasteiger partial charge in [-0.3, -0.25) is 0 Å². The SMILES string of the molecule is CCC1=C(Cl)C=CC(Cl)C1. The van der Waals surface area contributed by atoms with Gasteiger partial charge < -0.3 is 0 Å². The first-order valence-corrected chi connectivity index (χ1v) is 4.25. The quantitative estimate of drug-likeness (QED) is 0.538. The summed E-state index contributed by atoms with van der Waals surface area (Å²) in [4.78, 5) is 0. The third-order valence-electron chi connectivity index (χ3n) is 1.66. The zero-order chi connectivity index (χ0) is 7.56. The molecule has 0 bridgehead atoms. The second-order valence-corrected chi connectivity index (χ2v) is 3.35. The molecule has 1 rings (SSSR count). The van der Waals surface area contributed by atoms with E-state index in [1.165, 1.54) is 5.57 Å². The Morgan fingerprint density at radius 3 is 2.90 bits per heavy atom. The Bertz CT molecular complexity index is 180. The van der Waals surface area contributed by atoms with Gasteiger partial charge in [0.1, 0.15) is 0 Å². The van der Waals surface area contributed by atoms with E-state index in [0.717, 1.165) is 17.9 Å². The van der Waals surface area contributed by atoms with Crippen LogP contribution < -0.4 is 0 Å². The maximum atomic E-state index is 5.88. The zero-order valence-corrected chi connectivity index (χ0v) is 7.41. The molecule has 1 unspecified atom stereocenters. The van der Waals surface area contributed by atoms with Gasteiger partial charge in [-0.15, -0.1) is 11.6 Å². The molecule has 1 aliphatic carbocycles. The standard InChI is InChI=1S/C8H10Cl2/c1-2-6-5-7(9)3-4-8(6)10/h3-4,7H,2,5H2,1H3. The second kappa shape index (κ2) is 3.45. The number of halogens is 2. The highest BCUT2D eigenvalue weighted by Crippen LogP contribution is 2.26. The largest absolute Gasteiger partial charge is 0.118 e. The molecule has 0 nitrogen and oxygen atoms in total. The molecule has 56 valence electrons. The molecule has 0 aromatic rings. The van der Waals surface area contributed by atoms with Gasteiger partial charge in [-0.05, 0) is 18.9 Å². The van der Waals surface area contributed by atoms with Crippen LogP contribution >= 0.6 is 23.2 Å². The highest BCUT2D eigenvalue weighted by atomic mass is 35.5. The van der Waals surface area contributed by atoms with Crippen molar-refractivity contribution in [3.63, 3.8) is 0 Å². The van der Waals surface area contributed by atoms with Crippen LogP contribution in [0.2, 0.25) is 0 Å². The van der Waals surface area contributed by atoms with Crippen LogP contribution in [0.25, 0.3) is 0 Å². The van der Waals surface area contributed by atoms with Crippen LogP contribution in [0.4, 0.5) is 0 Å². The van der Waals surface area contributed by atoms with Crippen LogP contribution in [0.1, 0.15) is 19.8 Å². The molecule has 0 saturated heterocycles.